The second-order valence-corrected chi connectivity index (χ2v) is 16.1. The molecule has 60 heavy (non-hydrogen) atoms. The average Bonchev–Trinajstić information content (AvgIpc) is 3.67. The molecule has 6 heterocycles. The third-order valence-corrected chi connectivity index (χ3v) is 11.1. The summed E-state index contributed by atoms with van der Waals surface area (Å²) in [6.45, 7) is 8.01. The van der Waals surface area contributed by atoms with Gasteiger partial charge in [-0.1, -0.05) is 0 Å². The molecule has 3 N–H and O–H groups in total. The van der Waals surface area contributed by atoms with Gasteiger partial charge in [0.2, 0.25) is 23.6 Å². The molecule has 6 aliphatic rings. The molecule has 4 saturated heterocycles. The van der Waals surface area contributed by atoms with Crippen molar-refractivity contribution < 1.29 is 55.9 Å². The SMILES string of the molecule is CC(C)(C)OC(=O)N1CCN(c2c(F)cc3c(c2F)CN(C2CCC(=O)NC2=O)C3=O)CC1.Cl.O=C1CCC(N2Cc3c(cc(F)c(N4CCNCC4)c3F)C2=O)C(=O)N1. The minimum atomic E-state index is -0.911. The Hall–Kier alpha value is -5.50. The van der Waals surface area contributed by atoms with Crippen LogP contribution in [0.15, 0.2) is 12.1 Å². The molecule has 2 aromatic carbocycles. The second kappa shape index (κ2) is 17.2. The summed E-state index contributed by atoms with van der Waals surface area (Å²) in [6.07, 6.45) is 0.00936. The summed E-state index contributed by atoms with van der Waals surface area (Å²) in [5, 5.41) is 7.49. The predicted molar refractivity (Wildman–Crippen MR) is 207 cm³/mol. The van der Waals surface area contributed by atoms with Gasteiger partial charge in [0, 0.05) is 76.3 Å². The minimum Gasteiger partial charge on any atom is -0.444 e. The fraction of sp³-hybridized carbons (Fsp3) is 0.513. The molecular weight excluding hydrogens is 820 g/mol. The first-order valence-electron chi connectivity index (χ1n) is 19.4. The van der Waals surface area contributed by atoms with E-state index < -0.39 is 82.5 Å². The number of amides is 7. The first-order valence-corrected chi connectivity index (χ1v) is 19.4. The third-order valence-electron chi connectivity index (χ3n) is 11.1. The Morgan fingerprint density at radius 1 is 0.667 bits per heavy atom. The van der Waals surface area contributed by atoms with Gasteiger partial charge < -0.3 is 34.6 Å². The number of nitrogens with one attached hydrogen (secondary N) is 3. The quantitative estimate of drug-likeness (QED) is 0.304. The number of nitrogens with zero attached hydrogens (tertiary/aromatic N) is 5. The van der Waals surface area contributed by atoms with Crippen LogP contribution in [0.5, 0.6) is 0 Å². The Morgan fingerprint density at radius 2 is 1.08 bits per heavy atom. The van der Waals surface area contributed by atoms with Crippen molar-refractivity contribution in [1.82, 2.24) is 30.7 Å². The molecule has 16 nitrogen and oxygen atoms in total. The normalized spacial score (nSPS) is 21.8. The van der Waals surface area contributed by atoms with E-state index in [1.54, 1.807) is 25.7 Å². The summed E-state index contributed by atoms with van der Waals surface area (Å²) in [5.74, 6) is -6.49. The lowest BCUT2D eigenvalue weighted by atomic mass is 10.0. The van der Waals surface area contributed by atoms with Crippen molar-refractivity contribution in [2.24, 2.45) is 0 Å². The molecule has 6 aliphatic heterocycles. The molecule has 0 saturated carbocycles. The zero-order valence-electron chi connectivity index (χ0n) is 33.1. The van der Waals surface area contributed by atoms with Gasteiger partial charge in [-0.05, 0) is 45.7 Å². The highest BCUT2D eigenvalue weighted by molar-refractivity contribution is 6.06. The molecule has 8 rings (SSSR count). The lowest BCUT2D eigenvalue weighted by Gasteiger charge is -2.37. The average molecular weight is 865 g/mol. The summed E-state index contributed by atoms with van der Waals surface area (Å²) in [4.78, 5) is 91.6. The number of halogens is 5. The first-order chi connectivity index (χ1) is 27.9. The van der Waals surface area contributed by atoms with Crippen LogP contribution in [-0.2, 0) is 37.0 Å². The smallest absolute Gasteiger partial charge is 0.410 e. The monoisotopic (exact) mass is 864 g/mol. The van der Waals surface area contributed by atoms with E-state index in [9.17, 15) is 42.3 Å². The zero-order chi connectivity index (χ0) is 42.5. The van der Waals surface area contributed by atoms with E-state index in [1.165, 1.54) is 19.6 Å². The fourth-order valence-corrected chi connectivity index (χ4v) is 8.15. The van der Waals surface area contributed by atoms with Gasteiger partial charge >= 0.3 is 6.09 Å². The molecule has 4 fully saturated rings. The van der Waals surface area contributed by atoms with E-state index in [2.05, 4.69) is 16.0 Å². The first kappa shape index (κ1) is 44.1. The maximum absolute atomic E-state index is 15.4. The summed E-state index contributed by atoms with van der Waals surface area (Å²) in [7, 11) is 0. The minimum absolute atomic E-state index is 0. The van der Waals surface area contributed by atoms with Gasteiger partial charge in [-0.25, -0.2) is 22.4 Å². The highest BCUT2D eigenvalue weighted by Gasteiger charge is 2.44. The number of hydrogen-bond acceptors (Lipinski definition) is 11. The van der Waals surface area contributed by atoms with Gasteiger partial charge in [-0.3, -0.25) is 39.4 Å². The van der Waals surface area contributed by atoms with Gasteiger partial charge in [0.1, 0.15) is 40.7 Å². The van der Waals surface area contributed by atoms with Crippen molar-refractivity contribution in [2.45, 2.75) is 77.2 Å². The van der Waals surface area contributed by atoms with Gasteiger partial charge in [0.05, 0.1) is 24.2 Å². The van der Waals surface area contributed by atoms with E-state index in [1.807, 2.05) is 0 Å². The highest BCUT2D eigenvalue weighted by atomic mass is 35.5. The Labute approximate surface area is 348 Å². The number of piperazine rings is 2. The molecule has 0 spiro atoms. The Balaban J connectivity index is 0.000000203. The number of carbonyl (C=O) groups is 7. The van der Waals surface area contributed by atoms with Crippen LogP contribution in [0.1, 0.15) is 78.3 Å². The molecule has 0 aliphatic carbocycles. The van der Waals surface area contributed by atoms with E-state index in [0.717, 1.165) is 12.1 Å². The Kier molecular flexibility index (Phi) is 12.7. The zero-order valence-corrected chi connectivity index (χ0v) is 33.9. The van der Waals surface area contributed by atoms with Gasteiger partial charge in [-0.2, -0.15) is 0 Å². The number of benzene rings is 2. The number of hydrogen-bond donors (Lipinski definition) is 3. The largest absolute Gasteiger partial charge is 0.444 e. The van der Waals surface area contributed by atoms with Crippen LogP contribution in [0.25, 0.3) is 0 Å². The highest BCUT2D eigenvalue weighted by Crippen LogP contribution is 2.38. The van der Waals surface area contributed by atoms with Crippen LogP contribution in [-0.4, -0.2) is 126 Å². The van der Waals surface area contributed by atoms with Crippen LogP contribution in [0.3, 0.4) is 0 Å². The molecule has 324 valence electrons. The molecular formula is C39H45ClF4N8O8. The molecule has 0 radical (unpaired) electrons. The van der Waals surface area contributed by atoms with Crippen molar-refractivity contribution in [3.63, 3.8) is 0 Å². The van der Waals surface area contributed by atoms with Gasteiger partial charge in [-0.15, -0.1) is 12.4 Å². The maximum Gasteiger partial charge on any atom is 0.410 e. The predicted octanol–water partition coefficient (Wildman–Crippen LogP) is 2.34. The number of piperidine rings is 2. The van der Waals surface area contributed by atoms with Crippen molar-refractivity contribution in [3.05, 3.63) is 57.7 Å². The fourth-order valence-electron chi connectivity index (χ4n) is 8.15. The standard InChI is InChI=1S/C22H26F2N4O5.C17H18F2N4O3.ClH/c1-22(2,3)33-21(32)27-8-6-26(7-9-27)18-14(23)10-12-13(17(18)24)11-28(20(12)31)15-4-5-16(29)25-19(15)30;18-11-7-9-10(14(19)15(11)22-5-3-20-4-6-22)8-23(17(9)26)12-1-2-13(24)21-16(12)25;/h10,15H,4-9,11H2,1-3H3,(H,25,29,30);7,12,20H,1-6,8H2,(H,21,24,25);1H. The molecule has 0 aromatic heterocycles. The lowest BCUT2D eigenvalue weighted by Crippen LogP contribution is -2.52. The van der Waals surface area contributed by atoms with Crippen LogP contribution < -0.4 is 25.8 Å². The summed E-state index contributed by atoms with van der Waals surface area (Å²) in [6, 6.07) is 0.301. The second-order valence-electron chi connectivity index (χ2n) is 16.1. The number of rotatable bonds is 4. The van der Waals surface area contributed by atoms with Crippen molar-refractivity contribution in [3.8, 4) is 0 Å². The van der Waals surface area contributed by atoms with Crippen molar-refractivity contribution in [2.75, 3.05) is 62.2 Å². The molecule has 2 atom stereocenters. The molecule has 2 aromatic rings. The van der Waals surface area contributed by atoms with Crippen LogP contribution in [0, 0.1) is 23.3 Å². The number of fused-ring (bicyclic) bond motifs is 2. The third kappa shape index (κ3) is 8.57. The number of ether oxygens (including phenoxy) is 1. The van der Waals surface area contributed by atoms with Crippen molar-refractivity contribution in [1.29, 1.82) is 0 Å². The van der Waals surface area contributed by atoms with Crippen molar-refractivity contribution >= 4 is 65.3 Å². The van der Waals surface area contributed by atoms with E-state index in [0.29, 0.717) is 26.2 Å². The number of imide groups is 2. The van der Waals surface area contributed by atoms with Crippen LogP contribution in [0.4, 0.5) is 33.7 Å². The van der Waals surface area contributed by atoms with Gasteiger partial charge in [0.25, 0.3) is 11.8 Å². The van der Waals surface area contributed by atoms with E-state index >= 15 is 8.78 Å². The molecule has 21 heteroatoms. The number of carbonyl (C=O) groups excluding carboxylic acids is 7. The van der Waals surface area contributed by atoms with Gasteiger partial charge in [0.15, 0.2) is 11.6 Å². The number of anilines is 2. The van der Waals surface area contributed by atoms with Crippen LogP contribution >= 0.6 is 12.4 Å². The Bertz CT molecular complexity index is 2140. The summed E-state index contributed by atoms with van der Waals surface area (Å²) < 4.78 is 65.4. The topological polar surface area (TPSA) is 181 Å². The Morgan fingerprint density at radius 3 is 1.48 bits per heavy atom. The summed E-state index contributed by atoms with van der Waals surface area (Å²) >= 11 is 0. The van der Waals surface area contributed by atoms with E-state index in [-0.39, 0.29) is 111 Å². The molecule has 2 unspecified atom stereocenters. The molecule has 7 amide bonds. The van der Waals surface area contributed by atoms with Crippen LogP contribution in [0.2, 0.25) is 0 Å². The molecule has 0 bridgehead atoms. The lowest BCUT2D eigenvalue weighted by molar-refractivity contribution is -0.138. The summed E-state index contributed by atoms with van der Waals surface area (Å²) in [5.41, 5.74) is -1.06. The van der Waals surface area contributed by atoms with E-state index in [4.69, 9.17) is 4.74 Å². The maximum atomic E-state index is 15.4.